The first-order valence-corrected chi connectivity index (χ1v) is 11.2. The zero-order valence-corrected chi connectivity index (χ0v) is 19.4. The molecule has 0 spiro atoms. The van der Waals surface area contributed by atoms with Crippen LogP contribution in [-0.4, -0.2) is 41.8 Å². The van der Waals surface area contributed by atoms with E-state index in [1.165, 1.54) is 0 Å². The molecule has 2 N–H and O–H groups in total. The van der Waals surface area contributed by atoms with E-state index in [1.807, 2.05) is 23.9 Å². The molecule has 0 saturated heterocycles. The lowest BCUT2D eigenvalue weighted by Crippen LogP contribution is -2.39. The third-order valence-corrected chi connectivity index (χ3v) is 6.33. The van der Waals surface area contributed by atoms with Gasteiger partial charge in [-0.2, -0.15) is 5.10 Å². The van der Waals surface area contributed by atoms with Crippen LogP contribution in [0.4, 0.5) is 20.4 Å². The number of pyridine rings is 1. The first-order chi connectivity index (χ1) is 16.8. The average molecular weight is 499 g/mol. The predicted molar refractivity (Wildman–Crippen MR) is 126 cm³/mol. The van der Waals surface area contributed by atoms with E-state index in [-0.39, 0.29) is 18.0 Å². The highest BCUT2D eigenvalue weighted by Gasteiger charge is 2.27. The van der Waals surface area contributed by atoms with Gasteiger partial charge in [-0.3, -0.25) is 9.48 Å². The Morgan fingerprint density at radius 3 is 2.63 bits per heavy atom. The van der Waals surface area contributed by atoms with Crippen LogP contribution in [-0.2, 0) is 26.7 Å². The van der Waals surface area contributed by atoms with E-state index in [1.54, 1.807) is 34.1 Å². The van der Waals surface area contributed by atoms with Crippen molar-refractivity contribution in [1.82, 2.24) is 24.2 Å². The summed E-state index contributed by atoms with van der Waals surface area (Å²) >= 11 is 6.44. The Morgan fingerprint density at radius 2 is 1.91 bits per heavy atom. The van der Waals surface area contributed by atoms with Crippen molar-refractivity contribution in [2.45, 2.75) is 19.7 Å². The van der Waals surface area contributed by atoms with Crippen LogP contribution in [0.5, 0.6) is 0 Å². The topological polar surface area (TPSA) is 88.2 Å². The Balaban J connectivity index is 1.41. The molecule has 180 valence electrons. The minimum atomic E-state index is -1.03. The lowest BCUT2D eigenvalue weighted by molar-refractivity contribution is 0.0689. The van der Waals surface area contributed by atoms with Crippen molar-refractivity contribution < 1.29 is 18.7 Å². The summed E-state index contributed by atoms with van der Waals surface area (Å²) in [5.41, 5.74) is 2.52. The van der Waals surface area contributed by atoms with Crippen molar-refractivity contribution >= 4 is 29.1 Å². The third kappa shape index (κ3) is 4.38. The Bertz CT molecular complexity index is 1430. The van der Waals surface area contributed by atoms with Gasteiger partial charge in [0.1, 0.15) is 17.3 Å². The van der Waals surface area contributed by atoms with Crippen molar-refractivity contribution in [2.75, 3.05) is 11.9 Å². The molecular formula is C24H21ClF2N6O2. The minimum Gasteiger partial charge on any atom is -0.392 e. The number of aryl methyl sites for hydroxylation is 1. The molecule has 1 aromatic carbocycles. The number of carbonyl (C=O) groups excluding carboxylic acids is 1. The van der Waals surface area contributed by atoms with Crippen LogP contribution >= 0.6 is 11.6 Å². The molecule has 0 atom stereocenters. The standard InChI is InChI=1S/C24H21ClF2N6O2/c1-31-23(2-3-29-31)30-22-9-17(18(25)10-28-22)15-8-21-24(35)33(5-4-32(21)12-15)11-14-6-19(26)20(27)7-16(14)13-34/h2-3,6-10,12,34H,4-5,11,13H2,1H3,(H,28,30). The summed E-state index contributed by atoms with van der Waals surface area (Å²) in [7, 11) is 1.81. The summed E-state index contributed by atoms with van der Waals surface area (Å²) in [6.07, 6.45) is 5.07. The quantitative estimate of drug-likeness (QED) is 0.418. The molecule has 0 unspecified atom stereocenters. The van der Waals surface area contributed by atoms with Crippen LogP contribution in [0, 0.1) is 11.6 Å². The maximum absolute atomic E-state index is 13.8. The first-order valence-electron chi connectivity index (χ1n) is 10.8. The maximum Gasteiger partial charge on any atom is 0.270 e. The van der Waals surface area contributed by atoms with Gasteiger partial charge in [0.15, 0.2) is 11.6 Å². The fourth-order valence-electron chi connectivity index (χ4n) is 4.15. The second-order valence-corrected chi connectivity index (χ2v) is 8.65. The molecule has 0 radical (unpaired) electrons. The molecule has 8 nitrogen and oxygen atoms in total. The molecule has 0 bridgehead atoms. The highest BCUT2D eigenvalue weighted by molar-refractivity contribution is 6.33. The molecule has 1 aliphatic rings. The number of aromatic nitrogens is 4. The van der Waals surface area contributed by atoms with Crippen molar-refractivity contribution in [3.05, 3.63) is 82.4 Å². The number of rotatable bonds is 6. The number of halogens is 3. The molecule has 1 aliphatic heterocycles. The molecule has 11 heteroatoms. The SMILES string of the molecule is Cn1nccc1Nc1cc(-c2cc3n(c2)CCN(Cc2cc(F)c(F)cc2CO)C3=O)c(Cl)cn1. The summed E-state index contributed by atoms with van der Waals surface area (Å²) in [4.78, 5) is 19.1. The van der Waals surface area contributed by atoms with Gasteiger partial charge in [-0.15, -0.1) is 0 Å². The van der Waals surface area contributed by atoms with Crippen molar-refractivity contribution in [1.29, 1.82) is 0 Å². The molecular weight excluding hydrogens is 478 g/mol. The van der Waals surface area contributed by atoms with Crippen LogP contribution in [0.1, 0.15) is 21.6 Å². The zero-order valence-electron chi connectivity index (χ0n) is 18.7. The molecule has 4 heterocycles. The second kappa shape index (κ2) is 9.12. The van der Waals surface area contributed by atoms with Crippen molar-refractivity contribution in [2.24, 2.45) is 7.05 Å². The van der Waals surface area contributed by atoms with E-state index in [4.69, 9.17) is 11.6 Å². The molecule has 1 amide bonds. The van der Waals surface area contributed by atoms with Crippen LogP contribution in [0.2, 0.25) is 5.02 Å². The van der Waals surface area contributed by atoms with E-state index < -0.39 is 18.2 Å². The fraction of sp³-hybridized carbons (Fsp3) is 0.208. The van der Waals surface area contributed by atoms with Crippen LogP contribution in [0.25, 0.3) is 11.1 Å². The Morgan fingerprint density at radius 1 is 1.14 bits per heavy atom. The van der Waals surface area contributed by atoms with E-state index in [2.05, 4.69) is 15.4 Å². The molecule has 0 saturated carbocycles. The van der Waals surface area contributed by atoms with Gasteiger partial charge in [0, 0.05) is 56.3 Å². The first kappa shape index (κ1) is 23.0. The van der Waals surface area contributed by atoms with Gasteiger partial charge in [0.05, 0.1) is 17.8 Å². The number of hydrogen-bond acceptors (Lipinski definition) is 5. The van der Waals surface area contributed by atoms with Gasteiger partial charge in [-0.1, -0.05) is 11.6 Å². The van der Waals surface area contributed by atoms with Crippen LogP contribution < -0.4 is 5.32 Å². The Hall–Kier alpha value is -3.76. The normalized spacial score (nSPS) is 13.3. The van der Waals surface area contributed by atoms with Crippen LogP contribution in [0.3, 0.4) is 0 Å². The largest absolute Gasteiger partial charge is 0.392 e. The number of hydrogen-bond donors (Lipinski definition) is 2. The molecule has 35 heavy (non-hydrogen) atoms. The smallest absolute Gasteiger partial charge is 0.270 e. The highest BCUT2D eigenvalue weighted by Crippen LogP contribution is 2.33. The van der Waals surface area contributed by atoms with Gasteiger partial charge in [0.25, 0.3) is 5.91 Å². The van der Waals surface area contributed by atoms with Crippen molar-refractivity contribution in [3.63, 3.8) is 0 Å². The number of anilines is 2. The number of aliphatic hydroxyl groups excluding tert-OH is 1. The summed E-state index contributed by atoms with van der Waals surface area (Å²) in [5.74, 6) is -0.982. The van der Waals surface area contributed by atoms with Gasteiger partial charge in [-0.05, 0) is 35.4 Å². The van der Waals surface area contributed by atoms with E-state index in [9.17, 15) is 18.7 Å². The summed E-state index contributed by atoms with van der Waals surface area (Å²) in [6.45, 7) is 0.495. The number of fused-ring (bicyclic) bond motifs is 1. The average Bonchev–Trinajstić information content (AvgIpc) is 3.45. The second-order valence-electron chi connectivity index (χ2n) is 8.24. The van der Waals surface area contributed by atoms with Gasteiger partial charge >= 0.3 is 0 Å². The van der Waals surface area contributed by atoms with E-state index >= 15 is 0 Å². The summed E-state index contributed by atoms with van der Waals surface area (Å²) in [6, 6.07) is 7.36. The van der Waals surface area contributed by atoms with Gasteiger partial charge in [-0.25, -0.2) is 13.8 Å². The monoisotopic (exact) mass is 498 g/mol. The number of nitrogens with zero attached hydrogens (tertiary/aromatic N) is 5. The number of aliphatic hydroxyl groups is 1. The molecule has 0 aliphatic carbocycles. The third-order valence-electron chi connectivity index (χ3n) is 6.03. The number of amides is 1. The fourth-order valence-corrected chi connectivity index (χ4v) is 4.36. The minimum absolute atomic E-state index is 0.0568. The zero-order chi connectivity index (χ0) is 24.7. The molecule has 5 rings (SSSR count). The van der Waals surface area contributed by atoms with Crippen LogP contribution in [0.15, 0.2) is 48.9 Å². The number of carbonyl (C=O) groups is 1. The molecule has 0 fully saturated rings. The number of nitrogens with one attached hydrogen (secondary N) is 1. The number of benzene rings is 1. The maximum atomic E-state index is 13.8. The predicted octanol–water partition coefficient (Wildman–Crippen LogP) is 4.11. The Kier molecular flexibility index (Phi) is 6.00. The molecule has 4 aromatic rings. The van der Waals surface area contributed by atoms with E-state index in [0.29, 0.717) is 40.8 Å². The van der Waals surface area contributed by atoms with Gasteiger partial charge < -0.3 is 19.9 Å². The van der Waals surface area contributed by atoms with Crippen molar-refractivity contribution in [3.8, 4) is 11.1 Å². The lowest BCUT2D eigenvalue weighted by Gasteiger charge is -2.29. The molecule has 3 aromatic heterocycles. The summed E-state index contributed by atoms with van der Waals surface area (Å²) in [5, 5.41) is 17.3. The lowest BCUT2D eigenvalue weighted by atomic mass is 10.1. The Labute approximate surface area is 204 Å². The summed E-state index contributed by atoms with van der Waals surface area (Å²) < 4.78 is 30.9. The van der Waals surface area contributed by atoms with Gasteiger partial charge in [0.2, 0.25) is 0 Å². The highest BCUT2D eigenvalue weighted by atomic mass is 35.5. The van der Waals surface area contributed by atoms with E-state index in [0.717, 1.165) is 23.5 Å².